The topological polar surface area (TPSA) is 55.8 Å². The van der Waals surface area contributed by atoms with Gasteiger partial charge in [0.15, 0.2) is 0 Å². The Morgan fingerprint density at radius 1 is 1.41 bits per heavy atom. The maximum Gasteiger partial charge on any atom is 0.347 e. The van der Waals surface area contributed by atoms with Crippen molar-refractivity contribution >= 4 is 5.97 Å². The van der Waals surface area contributed by atoms with Crippen LogP contribution >= 0.6 is 0 Å². The molecule has 0 fully saturated rings. The first-order chi connectivity index (χ1) is 8.01. The predicted molar refractivity (Wildman–Crippen MR) is 64.6 cm³/mol. The molecule has 0 saturated carbocycles. The summed E-state index contributed by atoms with van der Waals surface area (Å²) in [4.78, 5) is 11.2. The Labute approximate surface area is 101 Å². The van der Waals surface area contributed by atoms with Gasteiger partial charge in [-0.3, -0.25) is 0 Å². The highest BCUT2D eigenvalue weighted by Crippen LogP contribution is 2.26. The molecular formula is C13H18O4. The first-order valence-corrected chi connectivity index (χ1v) is 5.58. The molecule has 4 nitrogen and oxygen atoms in total. The van der Waals surface area contributed by atoms with Crippen LogP contribution in [0, 0.1) is 0 Å². The summed E-state index contributed by atoms with van der Waals surface area (Å²) >= 11 is 0. The molecule has 1 N–H and O–H groups in total. The number of hydrogen-bond acceptors (Lipinski definition) is 3. The third-order valence-electron chi connectivity index (χ3n) is 2.56. The van der Waals surface area contributed by atoms with E-state index in [2.05, 4.69) is 0 Å². The fourth-order valence-electron chi connectivity index (χ4n) is 1.60. The average Bonchev–Trinajstić information content (AvgIpc) is 2.29. The summed E-state index contributed by atoms with van der Waals surface area (Å²) in [7, 11) is 1.56. The maximum atomic E-state index is 11.2. The minimum Gasteiger partial charge on any atom is -0.497 e. The van der Waals surface area contributed by atoms with Gasteiger partial charge in [0.2, 0.25) is 5.60 Å². The second kappa shape index (κ2) is 5.57. The monoisotopic (exact) mass is 238 g/mol. The molecule has 0 spiro atoms. The van der Waals surface area contributed by atoms with Crippen LogP contribution in [0.2, 0.25) is 0 Å². The van der Waals surface area contributed by atoms with Crippen LogP contribution in [0.4, 0.5) is 0 Å². The Balaban J connectivity index is 2.89. The summed E-state index contributed by atoms with van der Waals surface area (Å²) in [5.74, 6) is 0.191. The number of carboxylic acids is 1. The van der Waals surface area contributed by atoms with Crippen LogP contribution in [0.25, 0.3) is 0 Å². The lowest BCUT2D eigenvalue weighted by Crippen LogP contribution is -2.41. The summed E-state index contributed by atoms with van der Waals surface area (Å²) in [6.45, 7) is 3.51. The van der Waals surface area contributed by atoms with Crippen molar-refractivity contribution in [1.29, 1.82) is 0 Å². The van der Waals surface area contributed by atoms with Crippen LogP contribution < -0.4 is 9.47 Å². The Bertz CT molecular complexity index is 389. The molecule has 0 radical (unpaired) electrons. The molecule has 0 bridgehead atoms. The Morgan fingerprint density at radius 2 is 2.06 bits per heavy atom. The zero-order chi connectivity index (χ0) is 12.9. The minimum absolute atomic E-state index is 0.458. The van der Waals surface area contributed by atoms with E-state index in [1.165, 1.54) is 0 Å². The van der Waals surface area contributed by atoms with E-state index in [4.69, 9.17) is 9.47 Å². The van der Waals surface area contributed by atoms with E-state index in [0.29, 0.717) is 17.9 Å². The highest BCUT2D eigenvalue weighted by molar-refractivity contribution is 5.77. The first kappa shape index (κ1) is 13.4. The Hall–Kier alpha value is -1.71. The van der Waals surface area contributed by atoms with Gasteiger partial charge in [-0.15, -0.1) is 0 Å². The van der Waals surface area contributed by atoms with E-state index in [-0.39, 0.29) is 0 Å². The third kappa shape index (κ3) is 3.37. The van der Waals surface area contributed by atoms with Crippen LogP contribution in [0.15, 0.2) is 24.3 Å². The second-order valence-electron chi connectivity index (χ2n) is 4.07. The number of aliphatic carboxylic acids is 1. The van der Waals surface area contributed by atoms with Crippen molar-refractivity contribution < 1.29 is 19.4 Å². The molecule has 0 aromatic heterocycles. The lowest BCUT2D eigenvalue weighted by atomic mass is 10.0. The lowest BCUT2D eigenvalue weighted by molar-refractivity contribution is -0.154. The van der Waals surface area contributed by atoms with Gasteiger partial charge in [-0.05, 0) is 25.5 Å². The van der Waals surface area contributed by atoms with Crippen LogP contribution in [0.5, 0.6) is 11.5 Å². The Kier molecular flexibility index (Phi) is 4.37. The molecule has 94 valence electrons. The molecule has 0 saturated heterocycles. The molecule has 1 atom stereocenters. The zero-order valence-electron chi connectivity index (χ0n) is 10.4. The van der Waals surface area contributed by atoms with Gasteiger partial charge in [0.25, 0.3) is 0 Å². The van der Waals surface area contributed by atoms with Gasteiger partial charge < -0.3 is 14.6 Å². The maximum absolute atomic E-state index is 11.2. The van der Waals surface area contributed by atoms with Crippen LogP contribution in [-0.2, 0) is 4.79 Å². The number of carboxylic acid groups (broad SMARTS) is 1. The molecule has 1 aromatic carbocycles. The van der Waals surface area contributed by atoms with E-state index in [0.717, 1.165) is 6.42 Å². The van der Waals surface area contributed by atoms with Crippen LogP contribution in [0.1, 0.15) is 26.7 Å². The smallest absolute Gasteiger partial charge is 0.347 e. The number of carbonyl (C=O) groups is 1. The van der Waals surface area contributed by atoms with E-state index in [1.807, 2.05) is 6.92 Å². The number of hydrogen-bond donors (Lipinski definition) is 1. The molecule has 0 aliphatic rings. The molecule has 17 heavy (non-hydrogen) atoms. The largest absolute Gasteiger partial charge is 0.497 e. The normalized spacial score (nSPS) is 13.8. The summed E-state index contributed by atoms with van der Waals surface area (Å²) in [6, 6.07) is 6.95. The van der Waals surface area contributed by atoms with Gasteiger partial charge in [-0.25, -0.2) is 4.79 Å². The lowest BCUT2D eigenvalue weighted by Gasteiger charge is -2.26. The third-order valence-corrected chi connectivity index (χ3v) is 2.56. The molecule has 1 aromatic rings. The van der Waals surface area contributed by atoms with Gasteiger partial charge in [0.05, 0.1) is 7.11 Å². The van der Waals surface area contributed by atoms with E-state index in [1.54, 1.807) is 38.3 Å². The number of rotatable bonds is 6. The quantitative estimate of drug-likeness (QED) is 0.827. The van der Waals surface area contributed by atoms with Crippen molar-refractivity contribution in [2.45, 2.75) is 32.3 Å². The van der Waals surface area contributed by atoms with E-state index in [9.17, 15) is 9.90 Å². The summed E-state index contributed by atoms with van der Waals surface area (Å²) in [6.07, 6.45) is 1.20. The van der Waals surface area contributed by atoms with Crippen molar-refractivity contribution in [3.63, 3.8) is 0 Å². The summed E-state index contributed by atoms with van der Waals surface area (Å²) in [5.41, 5.74) is -1.19. The van der Waals surface area contributed by atoms with Crippen molar-refractivity contribution in [3.8, 4) is 11.5 Å². The van der Waals surface area contributed by atoms with E-state index >= 15 is 0 Å². The highest BCUT2D eigenvalue weighted by Gasteiger charge is 2.34. The van der Waals surface area contributed by atoms with Gasteiger partial charge in [0.1, 0.15) is 11.5 Å². The molecule has 0 aliphatic carbocycles. The molecule has 1 unspecified atom stereocenters. The van der Waals surface area contributed by atoms with Gasteiger partial charge in [0, 0.05) is 6.07 Å². The van der Waals surface area contributed by atoms with E-state index < -0.39 is 11.6 Å². The molecular weight excluding hydrogens is 220 g/mol. The molecule has 4 heteroatoms. The fourth-order valence-corrected chi connectivity index (χ4v) is 1.60. The predicted octanol–water partition coefficient (Wildman–Crippen LogP) is 2.72. The van der Waals surface area contributed by atoms with Crippen LogP contribution in [-0.4, -0.2) is 23.8 Å². The number of ether oxygens (including phenoxy) is 2. The van der Waals surface area contributed by atoms with Crippen molar-refractivity contribution in [2.24, 2.45) is 0 Å². The highest BCUT2D eigenvalue weighted by atomic mass is 16.5. The number of methoxy groups -OCH3 is 1. The van der Waals surface area contributed by atoms with Gasteiger partial charge in [-0.1, -0.05) is 19.4 Å². The first-order valence-electron chi connectivity index (χ1n) is 5.58. The number of benzene rings is 1. The minimum atomic E-state index is -1.19. The van der Waals surface area contributed by atoms with Gasteiger partial charge >= 0.3 is 5.97 Å². The molecule has 1 rings (SSSR count). The van der Waals surface area contributed by atoms with Crippen molar-refractivity contribution in [2.75, 3.05) is 7.11 Å². The zero-order valence-corrected chi connectivity index (χ0v) is 10.4. The second-order valence-corrected chi connectivity index (χ2v) is 4.07. The molecule has 0 heterocycles. The van der Waals surface area contributed by atoms with Gasteiger partial charge in [-0.2, -0.15) is 0 Å². The summed E-state index contributed by atoms with van der Waals surface area (Å²) < 4.78 is 10.6. The fraction of sp³-hybridized carbons (Fsp3) is 0.462. The van der Waals surface area contributed by atoms with Crippen molar-refractivity contribution in [3.05, 3.63) is 24.3 Å². The Morgan fingerprint density at radius 3 is 2.59 bits per heavy atom. The molecule has 0 aliphatic heterocycles. The van der Waals surface area contributed by atoms with Crippen LogP contribution in [0.3, 0.4) is 0 Å². The summed E-state index contributed by atoms with van der Waals surface area (Å²) in [5, 5.41) is 9.20. The molecule has 0 amide bonds. The standard InChI is InChI=1S/C13H18O4/c1-4-8-13(2,12(14)15)17-11-7-5-6-10(9-11)16-3/h5-7,9H,4,8H2,1-3H3,(H,14,15). The SMILES string of the molecule is CCCC(C)(Oc1cccc(OC)c1)C(=O)O. The average molecular weight is 238 g/mol. The van der Waals surface area contributed by atoms with Crippen molar-refractivity contribution in [1.82, 2.24) is 0 Å².